The van der Waals surface area contributed by atoms with Crippen LogP contribution in [-0.2, 0) is 4.79 Å². The Morgan fingerprint density at radius 1 is 1.35 bits per heavy atom. The fourth-order valence-electron chi connectivity index (χ4n) is 3.32. The van der Waals surface area contributed by atoms with E-state index in [0.717, 1.165) is 12.8 Å². The summed E-state index contributed by atoms with van der Waals surface area (Å²) in [5.41, 5.74) is 0.247. The van der Waals surface area contributed by atoms with Crippen LogP contribution in [0.3, 0.4) is 0 Å². The van der Waals surface area contributed by atoms with Gasteiger partial charge in [-0.05, 0) is 42.5 Å². The van der Waals surface area contributed by atoms with E-state index in [1.165, 1.54) is 4.57 Å². The van der Waals surface area contributed by atoms with Gasteiger partial charge in [0.15, 0.2) is 0 Å². The van der Waals surface area contributed by atoms with Crippen LogP contribution in [0.4, 0.5) is 5.69 Å². The number of rotatable bonds is 3. The van der Waals surface area contributed by atoms with Crippen molar-refractivity contribution in [1.82, 2.24) is 14.9 Å². The van der Waals surface area contributed by atoms with Crippen molar-refractivity contribution in [2.75, 3.05) is 5.32 Å². The molecule has 23 heavy (non-hydrogen) atoms. The predicted octanol–water partition coefficient (Wildman–Crippen LogP) is 1.31. The zero-order valence-electron chi connectivity index (χ0n) is 12.8. The second kappa shape index (κ2) is 5.03. The van der Waals surface area contributed by atoms with Crippen LogP contribution in [0.15, 0.2) is 47.5 Å². The Morgan fingerprint density at radius 3 is 2.91 bits per heavy atom. The summed E-state index contributed by atoms with van der Waals surface area (Å²) in [7, 11) is 0. The Kier molecular flexibility index (Phi) is 3.09. The van der Waals surface area contributed by atoms with Gasteiger partial charge in [-0.1, -0.05) is 13.0 Å². The molecule has 118 valence electrons. The molecule has 2 aromatic rings. The first-order valence-electron chi connectivity index (χ1n) is 7.77. The smallest absolute Gasteiger partial charge is 0.280 e. The topological polar surface area (TPSA) is 76.0 Å². The standard InChI is InChI=1S/C17H18N4O2/c1-17-9-12(19-13(17)10-17)15(22)20-11-5-4-8-21(16(11)23)14-6-2-3-7-18-14/h2-8,12-13,19H,9-10H2,1H3,(H,20,22)/t12-,13+,17-/m0/s1. The molecule has 6 nitrogen and oxygen atoms in total. The molecule has 2 fully saturated rings. The van der Waals surface area contributed by atoms with Gasteiger partial charge in [-0.15, -0.1) is 0 Å². The molecule has 0 radical (unpaired) electrons. The first kappa shape index (κ1) is 14.1. The quantitative estimate of drug-likeness (QED) is 0.896. The van der Waals surface area contributed by atoms with Crippen molar-refractivity contribution in [3.05, 3.63) is 53.1 Å². The molecular weight excluding hydrogens is 292 g/mol. The molecule has 0 spiro atoms. The van der Waals surface area contributed by atoms with Gasteiger partial charge in [-0.25, -0.2) is 4.98 Å². The van der Waals surface area contributed by atoms with Crippen molar-refractivity contribution in [2.45, 2.75) is 31.8 Å². The summed E-state index contributed by atoms with van der Waals surface area (Å²) in [6, 6.07) is 8.93. The lowest BCUT2D eigenvalue weighted by atomic mass is 10.0. The SMILES string of the molecule is C[C@@]12C[C@@H](C(=O)Nc3cccn(-c4ccccn4)c3=O)N[C@@H]1C2. The summed E-state index contributed by atoms with van der Waals surface area (Å²) in [5.74, 6) is 0.385. The summed E-state index contributed by atoms with van der Waals surface area (Å²) >= 11 is 0. The second-order valence-electron chi connectivity index (χ2n) is 6.61. The minimum atomic E-state index is -0.283. The third-order valence-electron chi connectivity index (χ3n) is 4.84. The number of nitrogens with one attached hydrogen (secondary N) is 2. The van der Waals surface area contributed by atoms with E-state index in [0.29, 0.717) is 11.9 Å². The van der Waals surface area contributed by atoms with Crippen molar-refractivity contribution in [1.29, 1.82) is 0 Å². The molecule has 1 aliphatic carbocycles. The van der Waals surface area contributed by atoms with E-state index in [9.17, 15) is 9.59 Å². The number of aromatic nitrogens is 2. The highest BCUT2D eigenvalue weighted by Gasteiger charge is 2.58. The third-order valence-corrected chi connectivity index (χ3v) is 4.84. The van der Waals surface area contributed by atoms with Crippen LogP contribution >= 0.6 is 0 Å². The number of carbonyl (C=O) groups is 1. The molecule has 2 aromatic heterocycles. The van der Waals surface area contributed by atoms with Gasteiger partial charge in [0, 0.05) is 18.4 Å². The number of amides is 1. The van der Waals surface area contributed by atoms with Crippen LogP contribution in [0.25, 0.3) is 5.82 Å². The third kappa shape index (κ3) is 2.45. The van der Waals surface area contributed by atoms with Crippen molar-refractivity contribution in [3.8, 4) is 5.82 Å². The first-order valence-corrected chi connectivity index (χ1v) is 7.77. The highest BCUT2D eigenvalue weighted by atomic mass is 16.2. The summed E-state index contributed by atoms with van der Waals surface area (Å²) in [6.07, 6.45) is 5.23. The van der Waals surface area contributed by atoms with Gasteiger partial charge < -0.3 is 10.6 Å². The molecule has 0 unspecified atom stereocenters. The summed E-state index contributed by atoms with van der Waals surface area (Å²) in [4.78, 5) is 29.1. The summed E-state index contributed by atoms with van der Waals surface area (Å²) in [5, 5.41) is 6.08. The van der Waals surface area contributed by atoms with Gasteiger partial charge in [0.05, 0.1) is 6.04 Å². The molecule has 2 N–H and O–H groups in total. The number of pyridine rings is 2. The van der Waals surface area contributed by atoms with Gasteiger partial charge >= 0.3 is 0 Å². The Morgan fingerprint density at radius 2 is 2.22 bits per heavy atom. The van der Waals surface area contributed by atoms with Gasteiger partial charge in [-0.2, -0.15) is 0 Å². The molecule has 3 atom stereocenters. The monoisotopic (exact) mass is 310 g/mol. The predicted molar refractivity (Wildman–Crippen MR) is 86.5 cm³/mol. The maximum Gasteiger partial charge on any atom is 0.280 e. The van der Waals surface area contributed by atoms with Gasteiger partial charge in [0.25, 0.3) is 5.56 Å². The van der Waals surface area contributed by atoms with Crippen molar-refractivity contribution in [2.24, 2.45) is 5.41 Å². The van der Waals surface area contributed by atoms with Gasteiger partial charge in [0.1, 0.15) is 11.5 Å². The molecule has 0 aromatic carbocycles. The average Bonchev–Trinajstić information content (AvgIpc) is 3.07. The first-order chi connectivity index (χ1) is 11.1. The lowest BCUT2D eigenvalue weighted by Gasteiger charge is -2.14. The normalized spacial score (nSPS) is 28.2. The minimum absolute atomic E-state index is 0.144. The number of hydrogen-bond donors (Lipinski definition) is 2. The molecule has 6 heteroatoms. The largest absolute Gasteiger partial charge is 0.320 e. The highest BCUT2D eigenvalue weighted by molar-refractivity contribution is 5.95. The summed E-state index contributed by atoms with van der Waals surface area (Å²) < 4.78 is 1.43. The zero-order valence-corrected chi connectivity index (χ0v) is 12.8. The highest BCUT2D eigenvalue weighted by Crippen LogP contribution is 2.53. The fraction of sp³-hybridized carbons (Fsp3) is 0.353. The van der Waals surface area contributed by atoms with E-state index in [2.05, 4.69) is 22.5 Å². The molecule has 1 saturated carbocycles. The number of nitrogens with zero attached hydrogens (tertiary/aromatic N) is 2. The van der Waals surface area contributed by atoms with Crippen LogP contribution in [0.5, 0.6) is 0 Å². The Balaban J connectivity index is 1.56. The van der Waals surface area contributed by atoms with Crippen LogP contribution in [0.2, 0.25) is 0 Å². The fourth-order valence-corrected chi connectivity index (χ4v) is 3.32. The summed E-state index contributed by atoms with van der Waals surface area (Å²) in [6.45, 7) is 2.19. The zero-order chi connectivity index (χ0) is 16.0. The van der Waals surface area contributed by atoms with Gasteiger partial charge in [-0.3, -0.25) is 14.2 Å². The van der Waals surface area contributed by atoms with E-state index >= 15 is 0 Å². The van der Waals surface area contributed by atoms with E-state index in [1.54, 1.807) is 36.7 Å². The van der Waals surface area contributed by atoms with Crippen LogP contribution < -0.4 is 16.2 Å². The minimum Gasteiger partial charge on any atom is -0.320 e. The molecule has 2 aliphatic rings. The molecule has 3 heterocycles. The molecule has 1 amide bonds. The van der Waals surface area contributed by atoms with Crippen molar-refractivity contribution < 1.29 is 4.79 Å². The number of hydrogen-bond acceptors (Lipinski definition) is 4. The number of fused-ring (bicyclic) bond motifs is 1. The van der Waals surface area contributed by atoms with E-state index in [1.807, 2.05) is 6.07 Å². The Hall–Kier alpha value is -2.47. The van der Waals surface area contributed by atoms with E-state index < -0.39 is 0 Å². The molecule has 0 bridgehead atoms. The number of anilines is 1. The van der Waals surface area contributed by atoms with E-state index in [4.69, 9.17) is 0 Å². The van der Waals surface area contributed by atoms with Crippen molar-refractivity contribution in [3.63, 3.8) is 0 Å². The second-order valence-corrected chi connectivity index (χ2v) is 6.61. The lowest BCUT2D eigenvalue weighted by Crippen LogP contribution is -2.39. The average molecular weight is 310 g/mol. The Bertz CT molecular complexity index is 817. The van der Waals surface area contributed by atoms with Crippen molar-refractivity contribution >= 4 is 11.6 Å². The van der Waals surface area contributed by atoms with Crippen LogP contribution in [-0.4, -0.2) is 27.5 Å². The maximum atomic E-state index is 12.5. The molecule has 1 aliphatic heterocycles. The van der Waals surface area contributed by atoms with Gasteiger partial charge in [0.2, 0.25) is 5.91 Å². The van der Waals surface area contributed by atoms with Crippen LogP contribution in [0, 0.1) is 5.41 Å². The number of carbonyl (C=O) groups excluding carboxylic acids is 1. The van der Waals surface area contributed by atoms with E-state index in [-0.39, 0.29) is 28.6 Å². The maximum absolute atomic E-state index is 12.5. The molecule has 4 rings (SSSR count). The lowest BCUT2D eigenvalue weighted by molar-refractivity contribution is -0.118. The molecular formula is C17H18N4O2. The molecule has 1 saturated heterocycles. The number of piperidine rings is 1. The van der Waals surface area contributed by atoms with Crippen LogP contribution in [0.1, 0.15) is 19.8 Å². The Labute approximate surface area is 133 Å².